The van der Waals surface area contributed by atoms with Gasteiger partial charge in [-0.25, -0.2) is 14.4 Å². The molecule has 1 atom stereocenters. The van der Waals surface area contributed by atoms with Crippen LogP contribution in [-0.4, -0.2) is 49.6 Å². The lowest BCUT2D eigenvalue weighted by Crippen LogP contribution is -2.50. The Morgan fingerprint density at radius 3 is 2.69 bits per heavy atom. The molecule has 4 heterocycles. The van der Waals surface area contributed by atoms with Crippen LogP contribution in [0.1, 0.15) is 46.0 Å². The highest BCUT2D eigenvalue weighted by molar-refractivity contribution is 7.18. The number of thiazole rings is 1. The second-order valence-corrected chi connectivity index (χ2v) is 10.3. The van der Waals surface area contributed by atoms with Crippen LogP contribution in [-0.2, 0) is 11.2 Å². The Morgan fingerprint density at radius 1 is 1.17 bits per heavy atom. The van der Waals surface area contributed by atoms with Crippen LogP contribution >= 0.6 is 11.3 Å². The number of nitrogens with one attached hydrogen (secondary N) is 1. The first-order valence-corrected chi connectivity index (χ1v) is 12.5. The molecule has 1 aliphatic heterocycles. The van der Waals surface area contributed by atoms with Crippen molar-refractivity contribution >= 4 is 39.3 Å². The molecule has 1 aliphatic rings. The Labute approximate surface area is 211 Å². The normalized spacial score (nSPS) is 14.5. The maximum Gasteiger partial charge on any atom is 0.274 e. The standard InChI is InChI=1S/C26H25FN6O2S/c1-15(19-10-20(27)12-28-11-19)29-26-31-22(23-24(32-26)30-16(2)36-23)25(35)33-13-18(14-33)9-21(34)8-17-6-4-3-5-7-17/h3-7,10-12,15,18H,8-9,13-14H2,1-2H3,(H,29,31,32)/t15-/m0/s1. The average Bonchev–Trinajstić information content (AvgIpc) is 3.21. The SMILES string of the molecule is Cc1nc2nc(N[C@@H](C)c3cncc(F)c3)nc(C(=O)N3CC(CC(=O)Cc4ccccc4)C3)c2s1. The summed E-state index contributed by atoms with van der Waals surface area (Å²) in [5.74, 6) is -0.0843. The summed E-state index contributed by atoms with van der Waals surface area (Å²) in [5, 5.41) is 3.91. The molecule has 0 radical (unpaired) electrons. The summed E-state index contributed by atoms with van der Waals surface area (Å²) in [6, 6.07) is 10.7. The summed E-state index contributed by atoms with van der Waals surface area (Å²) in [6.45, 7) is 4.71. The number of pyridine rings is 1. The second kappa shape index (κ2) is 10.1. The smallest absolute Gasteiger partial charge is 0.274 e. The molecule has 1 aromatic carbocycles. The number of aryl methyl sites for hydroxylation is 1. The molecular formula is C26H25FN6O2S. The van der Waals surface area contributed by atoms with Gasteiger partial charge in [-0.2, -0.15) is 4.98 Å². The van der Waals surface area contributed by atoms with E-state index in [4.69, 9.17) is 0 Å². The summed E-state index contributed by atoms with van der Waals surface area (Å²) in [5.41, 5.74) is 2.36. The Kier molecular flexibility index (Phi) is 6.69. The number of fused-ring (bicyclic) bond motifs is 1. The van der Waals surface area contributed by atoms with Crippen LogP contribution in [0.15, 0.2) is 48.8 Å². The summed E-state index contributed by atoms with van der Waals surface area (Å²) >= 11 is 1.37. The number of nitrogens with zero attached hydrogens (tertiary/aromatic N) is 5. The number of aromatic nitrogens is 4. The zero-order valence-electron chi connectivity index (χ0n) is 19.9. The van der Waals surface area contributed by atoms with E-state index in [-0.39, 0.29) is 35.3 Å². The van der Waals surface area contributed by atoms with E-state index in [2.05, 4.69) is 25.3 Å². The number of carbonyl (C=O) groups is 2. The van der Waals surface area contributed by atoms with Gasteiger partial charge in [0.25, 0.3) is 5.91 Å². The van der Waals surface area contributed by atoms with Crippen molar-refractivity contribution in [3.63, 3.8) is 0 Å². The quantitative estimate of drug-likeness (QED) is 0.380. The highest BCUT2D eigenvalue weighted by atomic mass is 32.1. The molecular weight excluding hydrogens is 479 g/mol. The van der Waals surface area contributed by atoms with E-state index in [9.17, 15) is 14.0 Å². The maximum atomic E-state index is 13.6. The molecule has 0 bridgehead atoms. The first-order valence-electron chi connectivity index (χ1n) is 11.7. The lowest BCUT2D eigenvalue weighted by molar-refractivity contribution is -0.120. The fourth-order valence-electron chi connectivity index (χ4n) is 4.31. The Hall–Kier alpha value is -3.79. The van der Waals surface area contributed by atoms with Crippen LogP contribution in [0.4, 0.5) is 10.3 Å². The molecule has 1 N–H and O–H groups in total. The largest absolute Gasteiger partial charge is 0.348 e. The molecule has 184 valence electrons. The van der Waals surface area contributed by atoms with Crippen molar-refractivity contribution in [1.29, 1.82) is 0 Å². The summed E-state index contributed by atoms with van der Waals surface area (Å²) < 4.78 is 14.2. The molecule has 8 nitrogen and oxygen atoms in total. The number of amides is 1. The minimum atomic E-state index is -0.432. The van der Waals surface area contributed by atoms with Crippen LogP contribution in [0.2, 0.25) is 0 Å². The van der Waals surface area contributed by atoms with Crippen molar-refractivity contribution < 1.29 is 14.0 Å². The van der Waals surface area contributed by atoms with Gasteiger partial charge in [0.15, 0.2) is 11.3 Å². The van der Waals surface area contributed by atoms with E-state index in [1.54, 1.807) is 11.1 Å². The van der Waals surface area contributed by atoms with Crippen molar-refractivity contribution in [1.82, 2.24) is 24.8 Å². The highest BCUT2D eigenvalue weighted by Gasteiger charge is 2.34. The summed E-state index contributed by atoms with van der Waals surface area (Å²) in [6.07, 6.45) is 3.57. The van der Waals surface area contributed by atoms with E-state index in [0.29, 0.717) is 41.8 Å². The minimum Gasteiger partial charge on any atom is -0.348 e. The van der Waals surface area contributed by atoms with E-state index in [0.717, 1.165) is 16.8 Å². The molecule has 1 saturated heterocycles. The third-order valence-corrected chi connectivity index (χ3v) is 7.11. The molecule has 0 saturated carbocycles. The maximum absolute atomic E-state index is 13.6. The molecule has 3 aromatic heterocycles. The Morgan fingerprint density at radius 2 is 1.94 bits per heavy atom. The first kappa shape index (κ1) is 23.9. The Bertz CT molecular complexity index is 1420. The zero-order chi connectivity index (χ0) is 25.2. The van der Waals surface area contributed by atoms with Crippen LogP contribution < -0.4 is 5.32 Å². The molecule has 0 unspecified atom stereocenters. The summed E-state index contributed by atoms with van der Waals surface area (Å²) in [7, 11) is 0. The monoisotopic (exact) mass is 504 g/mol. The van der Waals surface area contributed by atoms with Gasteiger partial charge in [-0.15, -0.1) is 11.3 Å². The molecule has 0 aliphatic carbocycles. The highest BCUT2D eigenvalue weighted by Crippen LogP contribution is 2.29. The predicted octanol–water partition coefficient (Wildman–Crippen LogP) is 4.38. The van der Waals surface area contributed by atoms with Crippen molar-refractivity contribution in [2.75, 3.05) is 18.4 Å². The number of Topliss-reactive ketones (excluding diaryl/α,β-unsaturated/α-hetero) is 1. The van der Waals surface area contributed by atoms with Crippen LogP contribution in [0.25, 0.3) is 10.3 Å². The number of anilines is 1. The van der Waals surface area contributed by atoms with Crippen molar-refractivity contribution in [2.24, 2.45) is 5.92 Å². The van der Waals surface area contributed by atoms with Gasteiger partial charge in [-0.05, 0) is 31.0 Å². The number of hydrogen-bond donors (Lipinski definition) is 1. The van der Waals surface area contributed by atoms with Crippen molar-refractivity contribution in [2.45, 2.75) is 32.7 Å². The van der Waals surface area contributed by atoms with Gasteiger partial charge in [0.1, 0.15) is 16.3 Å². The number of rotatable bonds is 8. The molecule has 4 aromatic rings. The molecule has 0 spiro atoms. The van der Waals surface area contributed by atoms with Crippen molar-refractivity contribution in [3.05, 3.63) is 76.4 Å². The van der Waals surface area contributed by atoms with Crippen molar-refractivity contribution in [3.8, 4) is 0 Å². The van der Waals surface area contributed by atoms with Crippen LogP contribution in [0.3, 0.4) is 0 Å². The van der Waals surface area contributed by atoms with Gasteiger partial charge < -0.3 is 10.2 Å². The average molecular weight is 505 g/mol. The number of benzene rings is 1. The third kappa shape index (κ3) is 5.23. The van der Waals surface area contributed by atoms with E-state index in [1.807, 2.05) is 44.2 Å². The van der Waals surface area contributed by atoms with Gasteiger partial charge in [0.05, 0.1) is 17.2 Å². The second-order valence-electron chi connectivity index (χ2n) is 9.07. The number of likely N-dealkylation sites (tertiary alicyclic amines) is 1. The fourth-order valence-corrected chi connectivity index (χ4v) is 5.15. The summed E-state index contributed by atoms with van der Waals surface area (Å²) in [4.78, 5) is 44.9. The van der Waals surface area contributed by atoms with E-state index in [1.165, 1.54) is 17.4 Å². The number of hydrogen-bond acceptors (Lipinski definition) is 8. The first-order chi connectivity index (χ1) is 17.4. The van der Waals surface area contributed by atoms with Gasteiger partial charge in [0.2, 0.25) is 5.95 Å². The van der Waals surface area contributed by atoms with Gasteiger partial charge in [-0.1, -0.05) is 30.3 Å². The topological polar surface area (TPSA) is 101 Å². The van der Waals surface area contributed by atoms with Crippen LogP contribution in [0.5, 0.6) is 0 Å². The fraction of sp³-hybridized carbons (Fsp3) is 0.308. The van der Waals surface area contributed by atoms with E-state index >= 15 is 0 Å². The molecule has 10 heteroatoms. The number of ketones is 1. The van der Waals surface area contributed by atoms with Gasteiger partial charge >= 0.3 is 0 Å². The molecule has 1 amide bonds. The molecule has 1 fully saturated rings. The lowest BCUT2D eigenvalue weighted by atomic mass is 9.91. The number of halogens is 1. The third-order valence-electron chi connectivity index (χ3n) is 6.14. The van der Waals surface area contributed by atoms with E-state index < -0.39 is 5.82 Å². The predicted molar refractivity (Wildman–Crippen MR) is 135 cm³/mol. The zero-order valence-corrected chi connectivity index (χ0v) is 20.8. The molecule has 5 rings (SSSR count). The van der Waals surface area contributed by atoms with Gasteiger partial charge in [-0.3, -0.25) is 14.6 Å². The Balaban J connectivity index is 1.28. The number of carbonyl (C=O) groups excluding carboxylic acids is 2. The lowest BCUT2D eigenvalue weighted by Gasteiger charge is -2.38. The van der Waals surface area contributed by atoms with Crippen LogP contribution in [0, 0.1) is 18.7 Å². The minimum absolute atomic E-state index is 0.142. The molecule has 36 heavy (non-hydrogen) atoms. The van der Waals surface area contributed by atoms with Gasteiger partial charge in [0, 0.05) is 38.0 Å².